The van der Waals surface area contributed by atoms with Crippen LogP contribution in [0.2, 0.25) is 0 Å². The molecule has 2 atom stereocenters. The summed E-state index contributed by atoms with van der Waals surface area (Å²) in [5.41, 5.74) is 6.65. The third kappa shape index (κ3) is 3.70. The third-order valence-corrected chi connectivity index (χ3v) is 3.40. The van der Waals surface area contributed by atoms with E-state index in [1.54, 1.807) is 0 Å². The number of anilines is 3. The van der Waals surface area contributed by atoms with Gasteiger partial charge in [0.25, 0.3) is 0 Å². The number of nitrogens with two attached hydrogens (primary N) is 1. The van der Waals surface area contributed by atoms with Gasteiger partial charge in [0, 0.05) is 19.2 Å². The van der Waals surface area contributed by atoms with E-state index >= 15 is 0 Å². The Kier molecular flexibility index (Phi) is 4.79. The van der Waals surface area contributed by atoms with Crippen LogP contribution in [0, 0.1) is 0 Å². The highest BCUT2D eigenvalue weighted by Crippen LogP contribution is 2.24. The molecule has 1 fully saturated rings. The lowest BCUT2D eigenvalue weighted by molar-refractivity contribution is 0.120. The molecular weight excluding hydrogens is 242 g/mol. The minimum atomic E-state index is 0.264. The molecule has 0 aliphatic carbocycles. The van der Waals surface area contributed by atoms with Crippen LogP contribution >= 0.6 is 0 Å². The molecule has 1 aliphatic rings. The van der Waals surface area contributed by atoms with E-state index in [0.717, 1.165) is 32.4 Å². The molecular formula is C13H23N5O. The molecule has 1 saturated heterocycles. The lowest BCUT2D eigenvalue weighted by Crippen LogP contribution is -2.21. The van der Waals surface area contributed by atoms with Crippen molar-refractivity contribution in [3.63, 3.8) is 0 Å². The van der Waals surface area contributed by atoms with E-state index in [1.165, 1.54) is 6.33 Å². The number of ether oxygens (including phenoxy) is 1. The van der Waals surface area contributed by atoms with Gasteiger partial charge in [-0.05, 0) is 26.2 Å². The van der Waals surface area contributed by atoms with Crippen molar-refractivity contribution in [2.75, 3.05) is 29.5 Å². The van der Waals surface area contributed by atoms with E-state index in [1.807, 2.05) is 0 Å². The molecule has 0 aromatic carbocycles. The Bertz CT molecular complexity index is 406. The van der Waals surface area contributed by atoms with Gasteiger partial charge in [0.05, 0.1) is 6.10 Å². The van der Waals surface area contributed by atoms with Crippen LogP contribution in [0.3, 0.4) is 0 Å². The van der Waals surface area contributed by atoms with Gasteiger partial charge < -0.3 is 21.1 Å². The van der Waals surface area contributed by atoms with E-state index in [0.29, 0.717) is 23.4 Å². The van der Waals surface area contributed by atoms with Crippen molar-refractivity contribution in [3.05, 3.63) is 6.33 Å². The number of hydrogen-bond donors (Lipinski definition) is 3. The van der Waals surface area contributed by atoms with Gasteiger partial charge in [0.1, 0.15) is 12.0 Å². The van der Waals surface area contributed by atoms with Crippen LogP contribution in [0.5, 0.6) is 0 Å². The Hall–Kier alpha value is -1.56. The van der Waals surface area contributed by atoms with Gasteiger partial charge in [-0.25, -0.2) is 9.97 Å². The highest BCUT2D eigenvalue weighted by atomic mass is 16.5. The monoisotopic (exact) mass is 265 g/mol. The Morgan fingerprint density at radius 3 is 2.95 bits per heavy atom. The summed E-state index contributed by atoms with van der Waals surface area (Å²) in [6.07, 6.45) is 5.03. The van der Waals surface area contributed by atoms with Crippen LogP contribution in [0.1, 0.15) is 33.1 Å². The van der Waals surface area contributed by atoms with E-state index in [-0.39, 0.29) is 6.10 Å². The van der Waals surface area contributed by atoms with Crippen molar-refractivity contribution in [1.82, 2.24) is 9.97 Å². The SMILES string of the molecule is CCC(C)Nc1ncnc(NCC2CCCO2)c1N. The molecule has 6 heteroatoms. The average Bonchev–Trinajstić information content (AvgIpc) is 2.93. The Morgan fingerprint density at radius 1 is 1.47 bits per heavy atom. The second-order valence-electron chi connectivity index (χ2n) is 4.95. The van der Waals surface area contributed by atoms with Crippen molar-refractivity contribution in [1.29, 1.82) is 0 Å². The van der Waals surface area contributed by atoms with Gasteiger partial charge in [0.15, 0.2) is 11.6 Å². The topological polar surface area (TPSA) is 85.1 Å². The summed E-state index contributed by atoms with van der Waals surface area (Å²) in [6, 6.07) is 0.336. The van der Waals surface area contributed by atoms with E-state index in [2.05, 4.69) is 34.4 Å². The zero-order valence-corrected chi connectivity index (χ0v) is 11.6. The van der Waals surface area contributed by atoms with Crippen LogP contribution < -0.4 is 16.4 Å². The van der Waals surface area contributed by atoms with E-state index in [4.69, 9.17) is 10.5 Å². The molecule has 1 aromatic rings. The van der Waals surface area contributed by atoms with Crippen LogP contribution in [-0.2, 0) is 4.74 Å². The van der Waals surface area contributed by atoms with E-state index in [9.17, 15) is 0 Å². The molecule has 6 nitrogen and oxygen atoms in total. The van der Waals surface area contributed by atoms with Gasteiger partial charge in [-0.3, -0.25) is 0 Å². The van der Waals surface area contributed by atoms with Crippen molar-refractivity contribution in [2.24, 2.45) is 0 Å². The van der Waals surface area contributed by atoms with Gasteiger partial charge in [-0.1, -0.05) is 6.92 Å². The zero-order valence-electron chi connectivity index (χ0n) is 11.6. The quantitative estimate of drug-likeness (QED) is 0.728. The number of nitrogens with one attached hydrogen (secondary N) is 2. The zero-order chi connectivity index (χ0) is 13.7. The maximum Gasteiger partial charge on any atom is 0.155 e. The van der Waals surface area contributed by atoms with Gasteiger partial charge in [-0.2, -0.15) is 0 Å². The number of nitrogen functional groups attached to an aromatic ring is 1. The first-order chi connectivity index (χ1) is 9.20. The largest absolute Gasteiger partial charge is 0.393 e. The predicted octanol–water partition coefficient (Wildman–Crippen LogP) is 1.86. The summed E-state index contributed by atoms with van der Waals surface area (Å²) in [7, 11) is 0. The number of hydrogen-bond acceptors (Lipinski definition) is 6. The molecule has 1 aliphatic heterocycles. The summed E-state index contributed by atoms with van der Waals surface area (Å²) in [5.74, 6) is 1.37. The number of aromatic nitrogens is 2. The van der Waals surface area contributed by atoms with Gasteiger partial charge in [0.2, 0.25) is 0 Å². The molecule has 0 bridgehead atoms. The number of rotatable bonds is 6. The molecule has 1 aromatic heterocycles. The molecule has 0 amide bonds. The summed E-state index contributed by atoms with van der Waals surface area (Å²) in [5, 5.41) is 6.53. The Labute approximate surface area is 114 Å². The predicted molar refractivity (Wildman–Crippen MR) is 77.3 cm³/mol. The van der Waals surface area contributed by atoms with Crippen molar-refractivity contribution < 1.29 is 4.74 Å². The molecule has 2 rings (SSSR count). The lowest BCUT2D eigenvalue weighted by Gasteiger charge is -2.17. The number of nitrogens with zero attached hydrogens (tertiary/aromatic N) is 2. The average molecular weight is 265 g/mol. The maximum absolute atomic E-state index is 6.08. The maximum atomic E-state index is 6.08. The lowest BCUT2D eigenvalue weighted by atomic mass is 10.2. The fourth-order valence-corrected chi connectivity index (χ4v) is 2.00. The second kappa shape index (κ2) is 6.56. The fourth-order valence-electron chi connectivity index (χ4n) is 2.00. The highest BCUT2D eigenvalue weighted by molar-refractivity contribution is 5.74. The van der Waals surface area contributed by atoms with Gasteiger partial charge in [-0.15, -0.1) is 0 Å². The first kappa shape index (κ1) is 13.9. The Morgan fingerprint density at radius 2 is 2.26 bits per heavy atom. The van der Waals surface area contributed by atoms with E-state index < -0.39 is 0 Å². The molecule has 4 N–H and O–H groups in total. The normalized spacial score (nSPS) is 20.2. The fraction of sp³-hybridized carbons (Fsp3) is 0.692. The molecule has 2 unspecified atom stereocenters. The molecule has 106 valence electrons. The summed E-state index contributed by atoms with van der Waals surface area (Å²) >= 11 is 0. The minimum Gasteiger partial charge on any atom is -0.393 e. The summed E-state index contributed by atoms with van der Waals surface area (Å²) in [6.45, 7) is 5.81. The van der Waals surface area contributed by atoms with Crippen LogP contribution in [0.4, 0.5) is 17.3 Å². The van der Waals surface area contributed by atoms with Gasteiger partial charge >= 0.3 is 0 Å². The second-order valence-corrected chi connectivity index (χ2v) is 4.95. The highest BCUT2D eigenvalue weighted by Gasteiger charge is 2.16. The smallest absolute Gasteiger partial charge is 0.155 e. The summed E-state index contributed by atoms with van der Waals surface area (Å²) in [4.78, 5) is 8.38. The van der Waals surface area contributed by atoms with Crippen LogP contribution in [0.25, 0.3) is 0 Å². The van der Waals surface area contributed by atoms with Crippen molar-refractivity contribution in [3.8, 4) is 0 Å². The standard InChI is InChI=1S/C13H23N5O/c1-3-9(2)18-13-11(14)12(16-8-17-13)15-7-10-5-4-6-19-10/h8-10H,3-7,14H2,1-2H3,(H2,15,16,17,18). The molecule has 0 spiro atoms. The van der Waals surface area contributed by atoms with Crippen molar-refractivity contribution >= 4 is 17.3 Å². The van der Waals surface area contributed by atoms with Crippen LogP contribution in [-0.4, -0.2) is 35.3 Å². The minimum absolute atomic E-state index is 0.264. The van der Waals surface area contributed by atoms with Crippen molar-refractivity contribution in [2.45, 2.75) is 45.3 Å². The molecule has 2 heterocycles. The molecule has 0 saturated carbocycles. The van der Waals surface area contributed by atoms with Crippen LogP contribution in [0.15, 0.2) is 6.33 Å². The third-order valence-electron chi connectivity index (χ3n) is 3.40. The first-order valence-corrected chi connectivity index (χ1v) is 6.93. The molecule has 19 heavy (non-hydrogen) atoms. The first-order valence-electron chi connectivity index (χ1n) is 6.93. The molecule has 0 radical (unpaired) electrons. The summed E-state index contributed by atoms with van der Waals surface area (Å²) < 4.78 is 5.56. The Balaban J connectivity index is 1.97.